The van der Waals surface area contributed by atoms with Gasteiger partial charge in [0.2, 0.25) is 5.91 Å². The summed E-state index contributed by atoms with van der Waals surface area (Å²) in [5.41, 5.74) is 0.614. The normalized spacial score (nSPS) is 18.9. The van der Waals surface area contributed by atoms with Crippen LogP contribution in [0.3, 0.4) is 0 Å². The molecule has 3 aromatic carbocycles. The van der Waals surface area contributed by atoms with Crippen molar-refractivity contribution in [2.45, 2.75) is 25.7 Å². The highest BCUT2D eigenvalue weighted by molar-refractivity contribution is 5.95. The number of ether oxygens (including phenoxy) is 1. The van der Waals surface area contributed by atoms with Crippen LogP contribution in [0.15, 0.2) is 66.7 Å². The number of rotatable bonds is 5. The number of carbonyl (C=O) groups is 2. The van der Waals surface area contributed by atoms with Crippen molar-refractivity contribution in [2.75, 3.05) is 5.32 Å². The predicted octanol–water partition coefficient (Wildman–Crippen LogP) is 4.13. The van der Waals surface area contributed by atoms with Gasteiger partial charge in [0.25, 0.3) is 0 Å². The number of nitrogens with one attached hydrogen (secondary N) is 1. The van der Waals surface area contributed by atoms with E-state index in [1.165, 1.54) is 0 Å². The number of carbonyl (C=O) groups excluding carboxylic acids is 2. The van der Waals surface area contributed by atoms with Crippen LogP contribution in [0.25, 0.3) is 10.8 Å². The van der Waals surface area contributed by atoms with E-state index in [-0.39, 0.29) is 5.91 Å². The Morgan fingerprint density at radius 1 is 0.828 bits per heavy atom. The molecule has 1 fully saturated rings. The van der Waals surface area contributed by atoms with Crippen LogP contribution in [0.4, 0.5) is 5.69 Å². The maximum Gasteiger partial charge on any atom is 0.228 e. The molecule has 148 valence electrons. The highest BCUT2D eigenvalue weighted by Crippen LogP contribution is 2.31. The van der Waals surface area contributed by atoms with Gasteiger partial charge >= 0.3 is 0 Å². The number of aliphatic carboxylic acids is 1. The summed E-state index contributed by atoms with van der Waals surface area (Å²) < 4.78 is 5.91. The van der Waals surface area contributed by atoms with E-state index in [9.17, 15) is 14.7 Å². The van der Waals surface area contributed by atoms with E-state index < -0.39 is 17.8 Å². The number of hydrogen-bond donors (Lipinski definition) is 1. The molecule has 0 spiro atoms. The minimum Gasteiger partial charge on any atom is -0.550 e. The fourth-order valence-corrected chi connectivity index (χ4v) is 3.94. The second-order valence-corrected chi connectivity index (χ2v) is 7.44. The molecule has 1 N–H and O–H groups in total. The van der Waals surface area contributed by atoms with Gasteiger partial charge in [-0.15, -0.1) is 0 Å². The molecule has 1 amide bonds. The monoisotopic (exact) mass is 388 g/mol. The van der Waals surface area contributed by atoms with Gasteiger partial charge < -0.3 is 20.0 Å². The molecule has 0 unspecified atom stereocenters. The minimum absolute atomic E-state index is 0.262. The topological polar surface area (TPSA) is 78.5 Å². The Bertz CT molecular complexity index is 1030. The molecule has 0 aliphatic heterocycles. The largest absolute Gasteiger partial charge is 0.550 e. The predicted molar refractivity (Wildman–Crippen MR) is 110 cm³/mol. The summed E-state index contributed by atoms with van der Waals surface area (Å²) in [4.78, 5) is 23.9. The molecule has 0 heterocycles. The molecule has 1 aliphatic rings. The minimum atomic E-state index is -1.14. The summed E-state index contributed by atoms with van der Waals surface area (Å²) >= 11 is 0. The molecule has 0 bridgehead atoms. The van der Waals surface area contributed by atoms with Crippen LogP contribution in [-0.4, -0.2) is 11.9 Å². The first-order valence-corrected chi connectivity index (χ1v) is 9.88. The first-order chi connectivity index (χ1) is 14.1. The molecule has 1 saturated carbocycles. The summed E-state index contributed by atoms with van der Waals surface area (Å²) in [5.74, 6) is -1.25. The lowest BCUT2D eigenvalue weighted by molar-refractivity contribution is -0.313. The number of amides is 1. The van der Waals surface area contributed by atoms with Gasteiger partial charge in [0.1, 0.15) is 11.5 Å². The van der Waals surface area contributed by atoms with E-state index in [4.69, 9.17) is 4.74 Å². The zero-order chi connectivity index (χ0) is 20.2. The number of carboxylic acids is 1. The summed E-state index contributed by atoms with van der Waals surface area (Å²) in [6, 6.07) is 21.0. The van der Waals surface area contributed by atoms with Crippen LogP contribution >= 0.6 is 0 Å². The van der Waals surface area contributed by atoms with Crippen LogP contribution < -0.4 is 15.2 Å². The Hall–Kier alpha value is -3.34. The standard InChI is InChI=1S/C24H23NO4/c26-23(21-7-3-4-8-22(21)24(27)28)25-18-10-13-19(14-11-18)29-20-12-9-16-5-1-2-6-17(16)15-20/h1-2,5-6,9-15,21-22H,3-4,7-8H2,(H,25,26)(H,27,28)/p-1/t21-,22-/m0/s1. The molecule has 0 radical (unpaired) electrons. The van der Waals surface area contributed by atoms with Crippen LogP contribution in [-0.2, 0) is 9.59 Å². The molecule has 0 saturated heterocycles. The Morgan fingerprint density at radius 2 is 1.48 bits per heavy atom. The highest BCUT2D eigenvalue weighted by atomic mass is 16.5. The van der Waals surface area contributed by atoms with E-state index in [2.05, 4.69) is 5.32 Å². The molecule has 5 nitrogen and oxygen atoms in total. The molecule has 3 aromatic rings. The summed E-state index contributed by atoms with van der Waals surface area (Å²) in [6.45, 7) is 0. The molecule has 29 heavy (non-hydrogen) atoms. The van der Waals surface area contributed by atoms with Gasteiger partial charge in [-0.3, -0.25) is 4.79 Å². The van der Waals surface area contributed by atoms with Crippen molar-refractivity contribution in [3.05, 3.63) is 66.7 Å². The lowest BCUT2D eigenvalue weighted by Crippen LogP contribution is -2.42. The summed E-state index contributed by atoms with van der Waals surface area (Å²) in [7, 11) is 0. The first-order valence-electron chi connectivity index (χ1n) is 9.88. The highest BCUT2D eigenvalue weighted by Gasteiger charge is 2.31. The lowest BCUT2D eigenvalue weighted by Gasteiger charge is -2.31. The van der Waals surface area contributed by atoms with E-state index in [1.54, 1.807) is 24.3 Å². The Morgan fingerprint density at radius 3 is 2.21 bits per heavy atom. The zero-order valence-corrected chi connectivity index (χ0v) is 16.0. The third kappa shape index (κ3) is 4.40. The van der Waals surface area contributed by atoms with E-state index in [0.717, 1.165) is 29.4 Å². The third-order valence-electron chi connectivity index (χ3n) is 5.48. The molecule has 5 heteroatoms. The Labute approximate surface area is 169 Å². The summed E-state index contributed by atoms with van der Waals surface area (Å²) in [6.07, 6.45) is 2.76. The van der Waals surface area contributed by atoms with Gasteiger partial charge in [-0.05, 0) is 60.0 Å². The van der Waals surface area contributed by atoms with Crippen molar-refractivity contribution >= 4 is 28.3 Å². The van der Waals surface area contributed by atoms with Crippen LogP contribution in [0, 0.1) is 11.8 Å². The second kappa shape index (κ2) is 8.35. The number of hydrogen-bond acceptors (Lipinski definition) is 4. The van der Waals surface area contributed by atoms with Crippen molar-refractivity contribution in [3.63, 3.8) is 0 Å². The SMILES string of the molecule is O=C([O-])[C@H]1CCCC[C@@H]1C(=O)Nc1ccc(Oc2ccc3ccccc3c2)cc1. The lowest BCUT2D eigenvalue weighted by atomic mass is 9.78. The fourth-order valence-electron chi connectivity index (χ4n) is 3.94. The maximum atomic E-state index is 12.5. The second-order valence-electron chi connectivity index (χ2n) is 7.44. The van der Waals surface area contributed by atoms with Gasteiger partial charge in [-0.25, -0.2) is 0 Å². The van der Waals surface area contributed by atoms with Gasteiger partial charge in [-0.2, -0.15) is 0 Å². The smallest absolute Gasteiger partial charge is 0.228 e. The molecular weight excluding hydrogens is 366 g/mol. The number of fused-ring (bicyclic) bond motifs is 1. The Balaban J connectivity index is 1.42. The third-order valence-corrected chi connectivity index (χ3v) is 5.48. The molecule has 2 atom stereocenters. The molecular formula is C24H22NO4-. The average molecular weight is 388 g/mol. The van der Waals surface area contributed by atoms with Crippen molar-refractivity contribution in [1.82, 2.24) is 0 Å². The van der Waals surface area contributed by atoms with Gasteiger partial charge in [0, 0.05) is 23.5 Å². The molecule has 4 rings (SSSR count). The van der Waals surface area contributed by atoms with Gasteiger partial charge in [0.05, 0.1) is 0 Å². The van der Waals surface area contributed by atoms with Crippen LogP contribution in [0.2, 0.25) is 0 Å². The van der Waals surface area contributed by atoms with Crippen LogP contribution in [0.1, 0.15) is 25.7 Å². The quantitative estimate of drug-likeness (QED) is 0.713. The number of carboxylic acid groups (broad SMARTS) is 1. The molecule has 0 aromatic heterocycles. The van der Waals surface area contributed by atoms with E-state index >= 15 is 0 Å². The van der Waals surface area contributed by atoms with Crippen molar-refractivity contribution in [1.29, 1.82) is 0 Å². The van der Waals surface area contributed by atoms with Crippen molar-refractivity contribution < 1.29 is 19.4 Å². The van der Waals surface area contributed by atoms with E-state index in [1.807, 2.05) is 42.5 Å². The maximum absolute atomic E-state index is 12.5. The fraction of sp³-hybridized carbons (Fsp3) is 0.250. The van der Waals surface area contributed by atoms with Gasteiger partial charge in [-0.1, -0.05) is 43.2 Å². The summed E-state index contributed by atoms with van der Waals surface area (Å²) in [5, 5.41) is 16.4. The number of benzene rings is 3. The van der Waals surface area contributed by atoms with Crippen molar-refractivity contribution in [2.24, 2.45) is 11.8 Å². The zero-order valence-electron chi connectivity index (χ0n) is 16.0. The number of anilines is 1. The average Bonchev–Trinajstić information content (AvgIpc) is 2.75. The molecule has 1 aliphatic carbocycles. The first kappa shape index (κ1) is 19.0. The van der Waals surface area contributed by atoms with Crippen LogP contribution in [0.5, 0.6) is 11.5 Å². The Kier molecular flexibility index (Phi) is 5.47. The van der Waals surface area contributed by atoms with Crippen molar-refractivity contribution in [3.8, 4) is 11.5 Å². The van der Waals surface area contributed by atoms with Gasteiger partial charge in [0.15, 0.2) is 0 Å². The van der Waals surface area contributed by atoms with E-state index in [0.29, 0.717) is 24.3 Å².